The van der Waals surface area contributed by atoms with Crippen molar-refractivity contribution in [1.82, 2.24) is 0 Å². The quantitative estimate of drug-likeness (QED) is 0.275. The van der Waals surface area contributed by atoms with Crippen LogP contribution in [0.2, 0.25) is 0 Å². The van der Waals surface area contributed by atoms with E-state index in [0.717, 1.165) is 6.08 Å². The van der Waals surface area contributed by atoms with E-state index in [1.165, 1.54) is 0 Å². The Morgan fingerprint density at radius 3 is 1.93 bits per heavy atom. The van der Waals surface area contributed by atoms with Crippen molar-refractivity contribution in [1.29, 1.82) is 0 Å². The van der Waals surface area contributed by atoms with Gasteiger partial charge in [0.15, 0.2) is 0 Å². The molecule has 5 nitrogen and oxygen atoms in total. The third-order valence-electron chi connectivity index (χ3n) is 0.993. The van der Waals surface area contributed by atoms with E-state index in [2.05, 4.69) is 11.3 Å². The Kier molecular flexibility index (Phi) is 5.66. The Balaban J connectivity index is 0. The van der Waals surface area contributed by atoms with Gasteiger partial charge in [0.1, 0.15) is 5.60 Å². The number of hydrogen-bond acceptors (Lipinski definition) is 4. The van der Waals surface area contributed by atoms with E-state index in [9.17, 15) is 14.4 Å². The minimum Gasteiger partial charge on any atom is -0.454 e. The number of hydrogen-bond donors (Lipinski definition) is 0. The Hall–Kier alpha value is -1.49. The molecule has 0 amide bonds. The van der Waals surface area contributed by atoms with Gasteiger partial charge in [-0.3, -0.25) is 9.59 Å². The van der Waals surface area contributed by atoms with Crippen LogP contribution in [0, 0.1) is 0 Å². The molecule has 0 aliphatic carbocycles. The van der Waals surface area contributed by atoms with Gasteiger partial charge in [-0.25, -0.2) is 4.79 Å². The van der Waals surface area contributed by atoms with Crippen LogP contribution in [0.1, 0.15) is 20.8 Å². The second-order valence-corrected chi connectivity index (χ2v) is 3.40. The molecule has 0 unspecified atom stereocenters. The summed E-state index contributed by atoms with van der Waals surface area (Å²) in [7, 11) is 0. The summed E-state index contributed by atoms with van der Waals surface area (Å²) in [6.45, 7) is 7.91. The SMILES string of the molecule is C=CC(=O)C(=O)C(=O)OC(C)(C)C.O. The first-order valence-electron chi connectivity index (χ1n) is 3.72. The summed E-state index contributed by atoms with van der Waals surface area (Å²) in [5, 5.41) is 0. The van der Waals surface area contributed by atoms with Crippen LogP contribution in [-0.4, -0.2) is 28.6 Å². The average Bonchev–Trinajstić information content (AvgIpc) is 1.98. The number of allylic oxidation sites excluding steroid dienone is 1. The number of Topliss-reactive ketones (excluding diaryl/α,β-unsaturated/α-hetero) is 1. The van der Waals surface area contributed by atoms with Crippen LogP contribution in [0.5, 0.6) is 0 Å². The zero-order valence-corrected chi connectivity index (χ0v) is 8.42. The Morgan fingerprint density at radius 2 is 1.64 bits per heavy atom. The number of esters is 1. The van der Waals surface area contributed by atoms with Crippen LogP contribution in [0.4, 0.5) is 0 Å². The molecule has 0 radical (unpaired) electrons. The van der Waals surface area contributed by atoms with E-state index in [-0.39, 0.29) is 5.48 Å². The minimum absolute atomic E-state index is 0. The van der Waals surface area contributed by atoms with Crippen molar-refractivity contribution in [2.24, 2.45) is 0 Å². The maximum atomic E-state index is 10.9. The normalized spacial score (nSPS) is 9.64. The molecular formula is C9H14O5. The zero-order chi connectivity index (χ0) is 10.6. The van der Waals surface area contributed by atoms with Crippen LogP contribution in [0.25, 0.3) is 0 Å². The lowest BCUT2D eigenvalue weighted by Crippen LogP contribution is -2.32. The number of carbonyl (C=O) groups excluding carboxylic acids is 3. The van der Waals surface area contributed by atoms with Gasteiger partial charge in [-0.2, -0.15) is 0 Å². The maximum Gasteiger partial charge on any atom is 0.383 e. The first-order chi connectivity index (χ1) is 5.78. The monoisotopic (exact) mass is 202 g/mol. The highest BCUT2D eigenvalue weighted by Crippen LogP contribution is 2.07. The molecule has 0 aliphatic heterocycles. The maximum absolute atomic E-state index is 10.9. The van der Waals surface area contributed by atoms with Crippen molar-refractivity contribution >= 4 is 17.5 Å². The molecule has 14 heavy (non-hydrogen) atoms. The highest BCUT2D eigenvalue weighted by Gasteiger charge is 2.26. The van der Waals surface area contributed by atoms with Crippen molar-refractivity contribution in [2.75, 3.05) is 0 Å². The van der Waals surface area contributed by atoms with E-state index < -0.39 is 23.1 Å². The van der Waals surface area contributed by atoms with E-state index in [1.54, 1.807) is 20.8 Å². The van der Waals surface area contributed by atoms with Crippen LogP contribution >= 0.6 is 0 Å². The topological polar surface area (TPSA) is 91.9 Å². The first-order valence-corrected chi connectivity index (χ1v) is 3.72. The summed E-state index contributed by atoms with van der Waals surface area (Å²) in [4.78, 5) is 32.4. The van der Waals surface area contributed by atoms with Crippen molar-refractivity contribution in [3.05, 3.63) is 12.7 Å². The second-order valence-electron chi connectivity index (χ2n) is 3.40. The molecule has 0 saturated carbocycles. The van der Waals surface area contributed by atoms with E-state index >= 15 is 0 Å². The Bertz CT molecular complexity index is 259. The zero-order valence-electron chi connectivity index (χ0n) is 8.42. The largest absolute Gasteiger partial charge is 0.454 e. The standard InChI is InChI=1S/C9H12O4.H2O/c1-5-6(10)7(11)8(12)13-9(2,3)4;/h5H,1H2,2-4H3;1H2. The highest BCUT2D eigenvalue weighted by atomic mass is 16.6. The fourth-order valence-electron chi connectivity index (χ4n) is 0.518. The second kappa shape index (κ2) is 5.29. The summed E-state index contributed by atoms with van der Waals surface area (Å²) < 4.78 is 4.67. The lowest BCUT2D eigenvalue weighted by Gasteiger charge is -2.18. The molecule has 0 fully saturated rings. The summed E-state index contributed by atoms with van der Waals surface area (Å²) in [5.41, 5.74) is -0.770. The smallest absolute Gasteiger partial charge is 0.383 e. The summed E-state index contributed by atoms with van der Waals surface area (Å²) in [6, 6.07) is 0. The molecule has 0 aliphatic rings. The number of ketones is 2. The van der Waals surface area contributed by atoms with Crippen LogP contribution < -0.4 is 0 Å². The molecule has 0 rings (SSSR count). The third-order valence-corrected chi connectivity index (χ3v) is 0.993. The van der Waals surface area contributed by atoms with E-state index in [4.69, 9.17) is 0 Å². The molecule has 0 aromatic rings. The van der Waals surface area contributed by atoms with Gasteiger partial charge < -0.3 is 10.2 Å². The molecule has 0 spiro atoms. The molecule has 80 valence electrons. The number of ether oxygens (including phenoxy) is 1. The van der Waals surface area contributed by atoms with Crippen molar-refractivity contribution in [2.45, 2.75) is 26.4 Å². The van der Waals surface area contributed by atoms with Gasteiger partial charge in [0, 0.05) is 0 Å². The van der Waals surface area contributed by atoms with Gasteiger partial charge >= 0.3 is 11.8 Å². The fourth-order valence-corrected chi connectivity index (χ4v) is 0.518. The van der Waals surface area contributed by atoms with Gasteiger partial charge in [0.25, 0.3) is 0 Å². The lowest BCUT2D eigenvalue weighted by atomic mass is 10.2. The van der Waals surface area contributed by atoms with Crippen LogP contribution in [-0.2, 0) is 19.1 Å². The first kappa shape index (κ1) is 15.0. The van der Waals surface area contributed by atoms with Crippen molar-refractivity contribution in [3.63, 3.8) is 0 Å². The Labute approximate surface area is 82.0 Å². The summed E-state index contributed by atoms with van der Waals surface area (Å²) >= 11 is 0. The fraction of sp³-hybridized carbons (Fsp3) is 0.444. The molecule has 0 saturated heterocycles. The van der Waals surface area contributed by atoms with Gasteiger partial charge in [-0.05, 0) is 26.8 Å². The summed E-state index contributed by atoms with van der Waals surface area (Å²) in [5.74, 6) is -3.28. The van der Waals surface area contributed by atoms with Gasteiger partial charge in [0.05, 0.1) is 0 Å². The molecule has 5 heteroatoms. The lowest BCUT2D eigenvalue weighted by molar-refractivity contribution is -0.163. The molecule has 0 aromatic carbocycles. The number of carbonyl (C=O) groups is 3. The van der Waals surface area contributed by atoms with Crippen molar-refractivity contribution in [3.8, 4) is 0 Å². The predicted octanol–water partition coefficient (Wildman–Crippen LogP) is -0.172. The third kappa shape index (κ3) is 5.21. The van der Waals surface area contributed by atoms with Crippen molar-refractivity contribution < 1.29 is 24.6 Å². The molecular weight excluding hydrogens is 188 g/mol. The average molecular weight is 202 g/mol. The molecule has 0 bridgehead atoms. The van der Waals surface area contributed by atoms with Gasteiger partial charge in [-0.1, -0.05) is 6.58 Å². The minimum atomic E-state index is -1.19. The highest BCUT2D eigenvalue weighted by molar-refractivity contribution is 6.64. The Morgan fingerprint density at radius 1 is 1.21 bits per heavy atom. The van der Waals surface area contributed by atoms with Crippen LogP contribution in [0.3, 0.4) is 0 Å². The van der Waals surface area contributed by atoms with E-state index in [0.29, 0.717) is 0 Å². The molecule has 2 N–H and O–H groups in total. The predicted molar refractivity (Wildman–Crippen MR) is 49.7 cm³/mol. The molecule has 0 atom stereocenters. The molecule has 0 heterocycles. The van der Waals surface area contributed by atoms with Crippen LogP contribution in [0.15, 0.2) is 12.7 Å². The number of rotatable bonds is 3. The molecule has 0 aromatic heterocycles. The van der Waals surface area contributed by atoms with Gasteiger partial charge in [-0.15, -0.1) is 0 Å². The summed E-state index contributed by atoms with van der Waals surface area (Å²) in [6.07, 6.45) is 0.784. The van der Waals surface area contributed by atoms with Gasteiger partial charge in [0.2, 0.25) is 5.78 Å². The van der Waals surface area contributed by atoms with E-state index in [1.807, 2.05) is 0 Å².